The summed E-state index contributed by atoms with van der Waals surface area (Å²) in [6, 6.07) is -0.672. The molecule has 1 aliphatic heterocycles. The number of amides is 2. The zero-order valence-electron chi connectivity index (χ0n) is 11.6. The predicted molar refractivity (Wildman–Crippen MR) is 69.1 cm³/mol. The lowest BCUT2D eigenvalue weighted by molar-refractivity contribution is -0.149. The molecule has 0 aromatic carbocycles. The second-order valence-electron chi connectivity index (χ2n) is 4.48. The van der Waals surface area contributed by atoms with Gasteiger partial charge in [0.1, 0.15) is 12.1 Å². The van der Waals surface area contributed by atoms with Crippen LogP contribution in [0.15, 0.2) is 0 Å². The van der Waals surface area contributed by atoms with Gasteiger partial charge in [-0.2, -0.15) is 0 Å². The Labute approximate surface area is 109 Å². The summed E-state index contributed by atoms with van der Waals surface area (Å²) in [4.78, 5) is 25.8. The maximum Gasteiger partial charge on any atom is 0.245 e. The molecule has 104 valence electrons. The van der Waals surface area contributed by atoms with E-state index in [1.54, 1.807) is 4.90 Å². The largest absolute Gasteiger partial charge is 0.382 e. The summed E-state index contributed by atoms with van der Waals surface area (Å²) in [7, 11) is 0. The monoisotopic (exact) mass is 256 g/mol. The third-order valence-corrected chi connectivity index (χ3v) is 3.26. The van der Waals surface area contributed by atoms with Crippen LogP contribution in [-0.4, -0.2) is 48.6 Å². The van der Waals surface area contributed by atoms with Crippen molar-refractivity contribution in [2.24, 2.45) is 0 Å². The molecule has 2 unspecified atom stereocenters. The smallest absolute Gasteiger partial charge is 0.245 e. The molecule has 1 rings (SSSR count). The summed E-state index contributed by atoms with van der Waals surface area (Å²) in [5.74, 6) is 0.0146. The van der Waals surface area contributed by atoms with Crippen LogP contribution in [0.1, 0.15) is 40.0 Å². The first-order valence-electron chi connectivity index (χ1n) is 6.84. The molecule has 1 fully saturated rings. The van der Waals surface area contributed by atoms with Gasteiger partial charge < -0.3 is 15.0 Å². The molecule has 1 aliphatic rings. The number of piperazine rings is 1. The maximum absolute atomic E-state index is 12.2. The van der Waals surface area contributed by atoms with Crippen molar-refractivity contribution in [1.82, 2.24) is 10.2 Å². The van der Waals surface area contributed by atoms with E-state index in [0.717, 1.165) is 6.42 Å². The Morgan fingerprint density at radius 2 is 1.94 bits per heavy atom. The van der Waals surface area contributed by atoms with Gasteiger partial charge >= 0.3 is 0 Å². The molecular formula is C13H24N2O3. The molecule has 5 heteroatoms. The van der Waals surface area contributed by atoms with E-state index in [1.807, 2.05) is 20.8 Å². The SMILES string of the molecule is CCOCCCN1C(=O)C(CC)NC(=O)C1CC. The minimum absolute atomic E-state index is 0.0274. The summed E-state index contributed by atoms with van der Waals surface area (Å²) in [6.45, 7) is 7.70. The van der Waals surface area contributed by atoms with E-state index in [9.17, 15) is 9.59 Å². The summed E-state index contributed by atoms with van der Waals surface area (Å²) in [5.41, 5.74) is 0. The van der Waals surface area contributed by atoms with Crippen molar-refractivity contribution in [2.45, 2.75) is 52.1 Å². The minimum Gasteiger partial charge on any atom is -0.382 e. The molecule has 0 spiro atoms. The summed E-state index contributed by atoms with van der Waals surface area (Å²) in [5, 5.41) is 2.79. The number of carbonyl (C=O) groups excluding carboxylic acids is 2. The summed E-state index contributed by atoms with van der Waals surface area (Å²) >= 11 is 0. The van der Waals surface area contributed by atoms with Crippen LogP contribution in [0, 0.1) is 0 Å². The van der Waals surface area contributed by atoms with Crippen LogP contribution in [0.2, 0.25) is 0 Å². The van der Waals surface area contributed by atoms with Gasteiger partial charge in [0.2, 0.25) is 11.8 Å². The molecule has 1 saturated heterocycles. The highest BCUT2D eigenvalue weighted by molar-refractivity contribution is 5.96. The lowest BCUT2D eigenvalue weighted by atomic mass is 10.0. The maximum atomic E-state index is 12.2. The molecule has 2 amide bonds. The molecule has 0 aromatic heterocycles. The second-order valence-corrected chi connectivity index (χ2v) is 4.48. The lowest BCUT2D eigenvalue weighted by Gasteiger charge is -2.38. The first-order valence-corrected chi connectivity index (χ1v) is 6.84. The molecule has 2 atom stereocenters. The fourth-order valence-electron chi connectivity index (χ4n) is 2.25. The normalized spacial score (nSPS) is 24.3. The van der Waals surface area contributed by atoms with Crippen LogP contribution >= 0.6 is 0 Å². The average molecular weight is 256 g/mol. The molecule has 1 N–H and O–H groups in total. The molecule has 5 nitrogen and oxygen atoms in total. The number of nitrogens with zero attached hydrogens (tertiary/aromatic N) is 1. The third kappa shape index (κ3) is 3.45. The van der Waals surface area contributed by atoms with Gasteiger partial charge in [0.25, 0.3) is 0 Å². The minimum atomic E-state index is -0.354. The van der Waals surface area contributed by atoms with Crippen LogP contribution < -0.4 is 5.32 Å². The Balaban J connectivity index is 2.62. The first-order chi connectivity index (χ1) is 8.65. The van der Waals surface area contributed by atoms with Crippen molar-refractivity contribution in [3.8, 4) is 0 Å². The van der Waals surface area contributed by atoms with Crippen molar-refractivity contribution in [3.05, 3.63) is 0 Å². The van der Waals surface area contributed by atoms with Gasteiger partial charge in [-0.3, -0.25) is 9.59 Å². The van der Waals surface area contributed by atoms with Crippen molar-refractivity contribution in [1.29, 1.82) is 0 Å². The van der Waals surface area contributed by atoms with E-state index in [4.69, 9.17) is 4.74 Å². The topological polar surface area (TPSA) is 58.6 Å². The van der Waals surface area contributed by atoms with Crippen molar-refractivity contribution in [3.63, 3.8) is 0 Å². The van der Waals surface area contributed by atoms with E-state index >= 15 is 0 Å². The highest BCUT2D eigenvalue weighted by Gasteiger charge is 2.38. The average Bonchev–Trinajstić information content (AvgIpc) is 2.37. The van der Waals surface area contributed by atoms with Gasteiger partial charge in [0.15, 0.2) is 0 Å². The van der Waals surface area contributed by atoms with Crippen LogP contribution in [0.25, 0.3) is 0 Å². The van der Waals surface area contributed by atoms with Crippen LogP contribution in [0.4, 0.5) is 0 Å². The molecule has 1 heterocycles. The number of hydrogen-bond acceptors (Lipinski definition) is 3. The van der Waals surface area contributed by atoms with E-state index in [1.165, 1.54) is 0 Å². The van der Waals surface area contributed by atoms with Crippen molar-refractivity contribution >= 4 is 11.8 Å². The zero-order valence-corrected chi connectivity index (χ0v) is 11.6. The molecule has 0 aliphatic carbocycles. The van der Waals surface area contributed by atoms with E-state index in [-0.39, 0.29) is 23.9 Å². The molecule has 0 radical (unpaired) electrons. The van der Waals surface area contributed by atoms with Gasteiger partial charge in [-0.25, -0.2) is 0 Å². The van der Waals surface area contributed by atoms with Gasteiger partial charge in [-0.15, -0.1) is 0 Å². The van der Waals surface area contributed by atoms with E-state index in [2.05, 4.69) is 5.32 Å². The van der Waals surface area contributed by atoms with Crippen LogP contribution in [0.3, 0.4) is 0 Å². The predicted octanol–water partition coefficient (Wildman–Crippen LogP) is 0.929. The number of rotatable bonds is 7. The number of carbonyl (C=O) groups is 2. The Hall–Kier alpha value is -1.10. The standard InChI is InChI=1S/C13H24N2O3/c1-4-10-13(17)15(8-7-9-18-6-3)11(5-2)12(16)14-10/h10-11H,4-9H2,1-3H3,(H,14,16). The Morgan fingerprint density at radius 3 is 2.50 bits per heavy atom. The number of nitrogens with one attached hydrogen (secondary N) is 1. The highest BCUT2D eigenvalue weighted by atomic mass is 16.5. The third-order valence-electron chi connectivity index (χ3n) is 3.26. The Bertz CT molecular complexity index is 294. The fraction of sp³-hybridized carbons (Fsp3) is 0.846. The molecule has 18 heavy (non-hydrogen) atoms. The summed E-state index contributed by atoms with van der Waals surface area (Å²) < 4.78 is 5.27. The van der Waals surface area contributed by atoms with Crippen LogP contribution in [-0.2, 0) is 14.3 Å². The van der Waals surface area contributed by atoms with Gasteiger partial charge in [0.05, 0.1) is 0 Å². The van der Waals surface area contributed by atoms with E-state index < -0.39 is 0 Å². The zero-order chi connectivity index (χ0) is 13.5. The Morgan fingerprint density at radius 1 is 1.22 bits per heavy atom. The molecule has 0 saturated carbocycles. The van der Waals surface area contributed by atoms with Crippen molar-refractivity contribution < 1.29 is 14.3 Å². The number of ether oxygens (including phenoxy) is 1. The molecular weight excluding hydrogens is 232 g/mol. The highest BCUT2D eigenvalue weighted by Crippen LogP contribution is 2.15. The first kappa shape index (κ1) is 15.0. The Kier molecular flexibility index (Phi) is 6.12. The lowest BCUT2D eigenvalue weighted by Crippen LogP contribution is -2.63. The van der Waals surface area contributed by atoms with Crippen molar-refractivity contribution in [2.75, 3.05) is 19.8 Å². The van der Waals surface area contributed by atoms with Gasteiger partial charge in [-0.1, -0.05) is 13.8 Å². The fourth-order valence-corrected chi connectivity index (χ4v) is 2.25. The second kappa shape index (κ2) is 7.36. The van der Waals surface area contributed by atoms with Gasteiger partial charge in [-0.05, 0) is 26.2 Å². The van der Waals surface area contributed by atoms with Gasteiger partial charge in [0, 0.05) is 19.8 Å². The van der Waals surface area contributed by atoms with E-state index in [0.29, 0.717) is 32.6 Å². The molecule has 0 aromatic rings. The number of hydrogen-bond donors (Lipinski definition) is 1. The summed E-state index contributed by atoms with van der Waals surface area (Å²) in [6.07, 6.45) is 2.07. The molecule has 0 bridgehead atoms. The quantitative estimate of drug-likeness (QED) is 0.689. The van der Waals surface area contributed by atoms with Crippen LogP contribution in [0.5, 0.6) is 0 Å².